The van der Waals surface area contributed by atoms with E-state index in [0.717, 1.165) is 40.1 Å². The number of amides is 4. The second kappa shape index (κ2) is 22.2. The molecule has 0 aliphatic heterocycles. The number of benzene rings is 8. The summed E-state index contributed by atoms with van der Waals surface area (Å²) in [5.74, 6) is -3.54. The second-order valence-electron chi connectivity index (χ2n) is 17.0. The van der Waals surface area contributed by atoms with Crippen LogP contribution in [0.3, 0.4) is 0 Å². The van der Waals surface area contributed by atoms with Crippen molar-refractivity contribution in [1.29, 1.82) is 0 Å². The van der Waals surface area contributed by atoms with Crippen molar-refractivity contribution in [2.24, 2.45) is 0 Å². The Morgan fingerprint density at radius 2 is 0.846 bits per heavy atom. The lowest BCUT2D eigenvalue weighted by Gasteiger charge is -2.18. The highest BCUT2D eigenvalue weighted by Crippen LogP contribution is 2.43. The number of nitrogens with two attached hydrogens (primary N) is 4. The Hall–Kier alpha value is -9.09. The standard InChI is InChI=1S/C55H39F9N8O4S2/c56-53(57,58)43-23-31(66)9-19-39(43)51(75)72-35-14-21-48(45(25-35)55(62,63)64)78-37-17-12-33(13-18-37)70-52(76)42-26-41(47(68)27-44(42)54(59,60)61)40-22-29(6-20-46(40)67)50(74)71-34-2-1-3-38(24-34)77-36-15-10-32(11-16-36)69-49(73)28-4-7-30(65)8-5-28/h1-27H,65-68H2,(H,69,73)(H,70,76)(H,71,74)(H,72,75). The molecule has 0 saturated carbocycles. The highest BCUT2D eigenvalue weighted by atomic mass is 32.2. The van der Waals surface area contributed by atoms with Crippen LogP contribution in [0.25, 0.3) is 11.1 Å². The number of hydrogen-bond acceptors (Lipinski definition) is 10. The van der Waals surface area contributed by atoms with E-state index in [9.17, 15) is 58.7 Å². The van der Waals surface area contributed by atoms with Gasteiger partial charge in [-0.1, -0.05) is 29.6 Å². The number of nitrogens with one attached hydrogen (secondary N) is 4. The van der Waals surface area contributed by atoms with Crippen molar-refractivity contribution in [3.8, 4) is 11.1 Å². The average Bonchev–Trinajstić information content (AvgIpc) is 3.39. The van der Waals surface area contributed by atoms with Crippen LogP contribution in [0.4, 0.5) is 85.0 Å². The van der Waals surface area contributed by atoms with Crippen LogP contribution in [0, 0.1) is 0 Å². The molecule has 8 aromatic rings. The van der Waals surface area contributed by atoms with Crippen LogP contribution < -0.4 is 44.2 Å². The first-order valence-electron chi connectivity index (χ1n) is 22.6. The van der Waals surface area contributed by atoms with Crippen molar-refractivity contribution in [3.63, 3.8) is 0 Å². The molecule has 0 saturated heterocycles. The third kappa shape index (κ3) is 13.3. The predicted octanol–water partition coefficient (Wildman–Crippen LogP) is 14.1. The lowest BCUT2D eigenvalue weighted by Crippen LogP contribution is -2.19. The van der Waals surface area contributed by atoms with E-state index in [-0.39, 0.29) is 44.6 Å². The Morgan fingerprint density at radius 1 is 0.359 bits per heavy atom. The summed E-state index contributed by atoms with van der Waals surface area (Å²) in [6.45, 7) is 0. The van der Waals surface area contributed by atoms with E-state index < -0.39 is 80.3 Å². The second-order valence-corrected chi connectivity index (χ2v) is 19.3. The van der Waals surface area contributed by atoms with Crippen molar-refractivity contribution < 1.29 is 58.7 Å². The molecular weight excluding hydrogens is 1070 g/mol. The maximum atomic E-state index is 14.5. The predicted molar refractivity (Wildman–Crippen MR) is 283 cm³/mol. The number of carbonyl (C=O) groups is 4. The van der Waals surface area contributed by atoms with Crippen LogP contribution >= 0.6 is 23.5 Å². The number of halogens is 9. The normalized spacial score (nSPS) is 11.7. The highest BCUT2D eigenvalue weighted by Gasteiger charge is 2.38. The third-order valence-electron chi connectivity index (χ3n) is 11.4. The van der Waals surface area contributed by atoms with Gasteiger partial charge in [0.2, 0.25) is 0 Å². The van der Waals surface area contributed by atoms with Gasteiger partial charge in [0.1, 0.15) is 0 Å². The molecule has 0 aliphatic carbocycles. The van der Waals surface area contributed by atoms with Crippen molar-refractivity contribution in [3.05, 3.63) is 203 Å². The molecule has 4 amide bonds. The van der Waals surface area contributed by atoms with Crippen LogP contribution in [-0.4, -0.2) is 23.6 Å². The van der Waals surface area contributed by atoms with E-state index in [0.29, 0.717) is 52.6 Å². The summed E-state index contributed by atoms with van der Waals surface area (Å²) in [6, 6.07) is 35.8. The fraction of sp³-hybridized carbons (Fsp3) is 0.0545. The van der Waals surface area contributed by atoms with Gasteiger partial charge in [-0.3, -0.25) is 19.2 Å². The Kier molecular flexibility index (Phi) is 15.7. The fourth-order valence-electron chi connectivity index (χ4n) is 7.67. The zero-order valence-corrected chi connectivity index (χ0v) is 41.4. The molecule has 8 aromatic carbocycles. The number of alkyl halides is 9. The molecule has 0 aliphatic rings. The first-order valence-corrected chi connectivity index (χ1v) is 24.3. The zero-order valence-electron chi connectivity index (χ0n) is 39.7. The molecule has 0 aromatic heterocycles. The molecule has 0 bridgehead atoms. The maximum Gasteiger partial charge on any atom is 0.417 e. The van der Waals surface area contributed by atoms with Crippen LogP contribution in [0.15, 0.2) is 183 Å². The molecule has 12 nitrogen and oxygen atoms in total. The van der Waals surface area contributed by atoms with Gasteiger partial charge in [0.05, 0.1) is 27.8 Å². The summed E-state index contributed by atoms with van der Waals surface area (Å²) < 4.78 is 127. The quantitative estimate of drug-likeness (QED) is 0.0403. The van der Waals surface area contributed by atoms with Crippen molar-refractivity contribution in [2.75, 3.05) is 44.2 Å². The summed E-state index contributed by atoms with van der Waals surface area (Å²) in [7, 11) is 0. The molecule has 0 radical (unpaired) electrons. The maximum absolute atomic E-state index is 14.5. The van der Waals surface area contributed by atoms with Gasteiger partial charge in [-0.05, 0) is 158 Å². The van der Waals surface area contributed by atoms with E-state index in [2.05, 4.69) is 21.3 Å². The van der Waals surface area contributed by atoms with E-state index in [1.807, 2.05) is 6.07 Å². The number of rotatable bonds is 13. The van der Waals surface area contributed by atoms with Gasteiger partial charge < -0.3 is 44.2 Å². The van der Waals surface area contributed by atoms with Crippen molar-refractivity contribution in [2.45, 2.75) is 38.1 Å². The molecule has 78 heavy (non-hydrogen) atoms. The number of hydrogen-bond donors (Lipinski definition) is 8. The third-order valence-corrected chi connectivity index (χ3v) is 13.5. The van der Waals surface area contributed by atoms with Crippen molar-refractivity contribution >= 4 is 92.7 Å². The highest BCUT2D eigenvalue weighted by molar-refractivity contribution is 7.99. The number of anilines is 8. The van der Waals surface area contributed by atoms with E-state index in [1.165, 1.54) is 54.2 Å². The molecule has 398 valence electrons. The van der Waals surface area contributed by atoms with Gasteiger partial charge in [0.25, 0.3) is 23.6 Å². The topological polar surface area (TPSA) is 220 Å². The molecule has 0 heterocycles. The monoisotopic (exact) mass is 1110 g/mol. The smallest absolute Gasteiger partial charge is 0.399 e. The first-order chi connectivity index (χ1) is 36.8. The minimum Gasteiger partial charge on any atom is -0.399 e. The minimum absolute atomic E-state index is 0.00236. The van der Waals surface area contributed by atoms with Gasteiger partial charge >= 0.3 is 18.5 Å². The van der Waals surface area contributed by atoms with E-state index in [1.54, 1.807) is 66.7 Å². The Morgan fingerprint density at radius 3 is 1.47 bits per heavy atom. The van der Waals surface area contributed by atoms with Crippen LogP contribution in [0.5, 0.6) is 0 Å². The summed E-state index contributed by atoms with van der Waals surface area (Å²) in [5.41, 5.74) is 18.4. The molecule has 12 N–H and O–H groups in total. The molecule has 0 fully saturated rings. The molecule has 8 rings (SSSR count). The largest absolute Gasteiger partial charge is 0.417 e. The lowest BCUT2D eigenvalue weighted by molar-refractivity contribution is -0.140. The first kappa shape index (κ1) is 55.2. The molecular formula is C55H39F9N8O4S2. The Bertz CT molecular complexity index is 3620. The summed E-state index contributed by atoms with van der Waals surface area (Å²) in [4.78, 5) is 54.1. The van der Waals surface area contributed by atoms with Gasteiger partial charge in [-0.15, -0.1) is 0 Å². The van der Waals surface area contributed by atoms with E-state index in [4.69, 9.17) is 22.9 Å². The van der Waals surface area contributed by atoms with E-state index >= 15 is 0 Å². The SMILES string of the molecule is Nc1ccc(C(=O)Nc2ccc(Sc3cccc(NC(=O)c4ccc(N)c(-c5cc(C(=O)Nc6ccc(Sc7ccc(NC(=O)c8ccc(N)cc8C(F)(F)F)cc7C(F)(F)F)cc6)c(C(F)(F)F)cc5N)c4)c3)cc2)cc1. The van der Waals surface area contributed by atoms with Gasteiger partial charge in [0, 0.05) is 87.3 Å². The fourth-order valence-corrected chi connectivity index (χ4v) is 9.49. The Labute approximate surface area is 445 Å². The lowest BCUT2D eigenvalue weighted by atomic mass is 9.94. The van der Waals surface area contributed by atoms with Crippen LogP contribution in [0.1, 0.15) is 58.1 Å². The van der Waals surface area contributed by atoms with Crippen LogP contribution in [-0.2, 0) is 18.5 Å². The van der Waals surface area contributed by atoms with Crippen LogP contribution in [0.2, 0.25) is 0 Å². The summed E-state index contributed by atoms with van der Waals surface area (Å²) in [5, 5.41) is 10.0. The molecule has 23 heteroatoms. The number of carbonyl (C=O) groups excluding carboxylic acids is 4. The molecule has 0 atom stereocenters. The average molecular weight is 1110 g/mol. The Balaban J connectivity index is 0.953. The van der Waals surface area contributed by atoms with Gasteiger partial charge in [0.15, 0.2) is 0 Å². The summed E-state index contributed by atoms with van der Waals surface area (Å²) >= 11 is 1.96. The van der Waals surface area contributed by atoms with Crippen molar-refractivity contribution in [1.82, 2.24) is 0 Å². The minimum atomic E-state index is -5.10. The van der Waals surface area contributed by atoms with Gasteiger partial charge in [-0.2, -0.15) is 39.5 Å². The number of nitrogen functional groups attached to an aromatic ring is 4. The van der Waals surface area contributed by atoms with Gasteiger partial charge in [-0.25, -0.2) is 0 Å². The molecule has 0 spiro atoms. The summed E-state index contributed by atoms with van der Waals surface area (Å²) in [6.07, 6.45) is -15.1. The zero-order chi connectivity index (χ0) is 56.3. The molecule has 0 unspecified atom stereocenters.